The molecule has 0 aliphatic rings. The van der Waals surface area contributed by atoms with E-state index in [0.29, 0.717) is 20.6 Å². The second-order valence-electron chi connectivity index (χ2n) is 4.11. The lowest BCUT2D eigenvalue weighted by Crippen LogP contribution is -2.03. The molecule has 2 aromatic rings. The highest BCUT2D eigenvalue weighted by Crippen LogP contribution is 2.40. The fraction of sp³-hybridized carbons (Fsp3) is 0.308. The molecule has 2 rings (SSSR count). The summed E-state index contributed by atoms with van der Waals surface area (Å²) in [5.74, 6) is 0. The zero-order chi connectivity index (χ0) is 13.4. The summed E-state index contributed by atoms with van der Waals surface area (Å²) in [6.45, 7) is 6.78. The Morgan fingerprint density at radius 2 is 1.83 bits per heavy atom. The first kappa shape index (κ1) is 13.7. The Morgan fingerprint density at radius 3 is 2.44 bits per heavy atom. The Balaban J connectivity index is 2.97. The number of aryl methyl sites for hydroxylation is 1. The molecule has 1 N–H and O–H groups in total. The number of hydrogen-bond donors (Lipinski definition) is 1. The molecule has 18 heavy (non-hydrogen) atoms. The van der Waals surface area contributed by atoms with Crippen LogP contribution in [-0.2, 0) is 0 Å². The fourth-order valence-corrected chi connectivity index (χ4v) is 2.68. The molecule has 0 aliphatic heterocycles. The largest absolute Gasteiger partial charge is 0.384 e. The second kappa shape index (κ2) is 5.12. The van der Waals surface area contributed by atoms with Crippen LogP contribution in [0.3, 0.4) is 0 Å². The van der Waals surface area contributed by atoms with Crippen LogP contribution in [0.4, 0.5) is 5.69 Å². The van der Waals surface area contributed by atoms with E-state index in [1.807, 2.05) is 20.8 Å². The summed E-state index contributed by atoms with van der Waals surface area (Å²) in [5.41, 5.74) is 3.63. The van der Waals surface area contributed by atoms with Crippen LogP contribution in [0, 0.1) is 13.8 Å². The van der Waals surface area contributed by atoms with Crippen molar-refractivity contribution < 1.29 is 0 Å². The standard InChI is InChI=1S/C13H13Cl3N2/c1-4-17-12-6(2)7(3)18-13-9(15)5-8(14)11(16)10(12)13/h5H,4H2,1-3H3,(H,17,18). The predicted octanol–water partition coefficient (Wildman–Crippen LogP) is 5.24. The topological polar surface area (TPSA) is 24.9 Å². The Labute approximate surface area is 121 Å². The van der Waals surface area contributed by atoms with Crippen LogP contribution in [0.1, 0.15) is 18.2 Å². The Bertz CT molecular complexity index is 624. The number of hydrogen-bond acceptors (Lipinski definition) is 2. The Morgan fingerprint density at radius 1 is 1.17 bits per heavy atom. The van der Waals surface area contributed by atoms with Gasteiger partial charge < -0.3 is 5.32 Å². The van der Waals surface area contributed by atoms with Gasteiger partial charge in [-0.1, -0.05) is 34.8 Å². The molecule has 0 bridgehead atoms. The molecule has 0 atom stereocenters. The summed E-state index contributed by atoms with van der Waals surface area (Å²) in [7, 11) is 0. The lowest BCUT2D eigenvalue weighted by molar-refractivity contribution is 1.16. The van der Waals surface area contributed by atoms with Gasteiger partial charge in [0.15, 0.2) is 0 Å². The van der Waals surface area contributed by atoms with Crippen molar-refractivity contribution >= 4 is 51.4 Å². The van der Waals surface area contributed by atoms with Crippen LogP contribution in [0.2, 0.25) is 15.1 Å². The van der Waals surface area contributed by atoms with E-state index in [0.717, 1.165) is 28.9 Å². The molecule has 2 nitrogen and oxygen atoms in total. The van der Waals surface area contributed by atoms with E-state index in [2.05, 4.69) is 10.3 Å². The number of nitrogens with zero attached hydrogens (tertiary/aromatic N) is 1. The normalized spacial score (nSPS) is 11.0. The van der Waals surface area contributed by atoms with Crippen molar-refractivity contribution in [3.8, 4) is 0 Å². The third-order valence-corrected chi connectivity index (χ3v) is 4.02. The van der Waals surface area contributed by atoms with E-state index in [1.165, 1.54) is 0 Å². The summed E-state index contributed by atoms with van der Waals surface area (Å²) >= 11 is 18.6. The van der Waals surface area contributed by atoms with Crippen LogP contribution in [0.25, 0.3) is 10.9 Å². The highest BCUT2D eigenvalue weighted by atomic mass is 35.5. The van der Waals surface area contributed by atoms with Crippen LogP contribution < -0.4 is 5.32 Å². The third kappa shape index (κ3) is 2.13. The molecule has 0 saturated carbocycles. The molecule has 1 aromatic carbocycles. The van der Waals surface area contributed by atoms with Crippen molar-refractivity contribution in [3.05, 3.63) is 32.4 Å². The summed E-state index contributed by atoms with van der Waals surface area (Å²) in [6, 6.07) is 1.63. The lowest BCUT2D eigenvalue weighted by Gasteiger charge is -2.16. The average molecular weight is 304 g/mol. The summed E-state index contributed by atoms with van der Waals surface area (Å²) in [5, 5.41) is 5.55. The number of halogens is 3. The maximum Gasteiger partial charge on any atom is 0.0928 e. The lowest BCUT2D eigenvalue weighted by atomic mass is 10.1. The van der Waals surface area contributed by atoms with Gasteiger partial charge in [0.05, 0.1) is 20.6 Å². The first-order chi connectivity index (χ1) is 8.47. The van der Waals surface area contributed by atoms with Gasteiger partial charge in [0.2, 0.25) is 0 Å². The van der Waals surface area contributed by atoms with Crippen molar-refractivity contribution in [2.24, 2.45) is 0 Å². The molecular weight excluding hydrogens is 291 g/mol. The SMILES string of the molecule is CCNc1c(C)c(C)nc2c(Cl)cc(Cl)c(Cl)c12. The summed E-state index contributed by atoms with van der Waals surface area (Å²) in [6.07, 6.45) is 0. The molecule has 0 fully saturated rings. The summed E-state index contributed by atoms with van der Waals surface area (Å²) < 4.78 is 0. The molecule has 1 aromatic heterocycles. The molecule has 0 amide bonds. The van der Waals surface area contributed by atoms with Gasteiger partial charge in [0.1, 0.15) is 0 Å². The zero-order valence-corrected chi connectivity index (χ0v) is 12.6. The van der Waals surface area contributed by atoms with Gasteiger partial charge >= 0.3 is 0 Å². The third-order valence-electron chi connectivity index (χ3n) is 2.95. The minimum Gasteiger partial charge on any atom is -0.384 e. The van der Waals surface area contributed by atoms with Crippen LogP contribution in [0.15, 0.2) is 6.07 Å². The number of aromatic nitrogens is 1. The number of fused-ring (bicyclic) bond motifs is 1. The Kier molecular flexibility index (Phi) is 3.90. The van der Waals surface area contributed by atoms with E-state index >= 15 is 0 Å². The molecule has 1 heterocycles. The van der Waals surface area contributed by atoms with Crippen molar-refractivity contribution in [2.45, 2.75) is 20.8 Å². The number of anilines is 1. The monoisotopic (exact) mass is 302 g/mol. The van der Waals surface area contributed by atoms with Gasteiger partial charge in [-0.15, -0.1) is 0 Å². The quantitative estimate of drug-likeness (QED) is 0.767. The van der Waals surface area contributed by atoms with Crippen molar-refractivity contribution in [1.82, 2.24) is 4.98 Å². The maximum atomic E-state index is 6.29. The van der Waals surface area contributed by atoms with Gasteiger partial charge in [-0.05, 0) is 32.4 Å². The molecule has 0 saturated heterocycles. The highest BCUT2D eigenvalue weighted by Gasteiger charge is 2.16. The van der Waals surface area contributed by atoms with Crippen molar-refractivity contribution in [3.63, 3.8) is 0 Å². The molecular formula is C13H13Cl3N2. The van der Waals surface area contributed by atoms with E-state index in [1.54, 1.807) is 6.07 Å². The van der Waals surface area contributed by atoms with E-state index in [-0.39, 0.29) is 0 Å². The van der Waals surface area contributed by atoms with E-state index in [9.17, 15) is 0 Å². The molecule has 0 spiro atoms. The minimum atomic E-state index is 0.443. The minimum absolute atomic E-state index is 0.443. The van der Waals surface area contributed by atoms with E-state index in [4.69, 9.17) is 34.8 Å². The smallest absolute Gasteiger partial charge is 0.0928 e. The van der Waals surface area contributed by atoms with Gasteiger partial charge in [-0.3, -0.25) is 4.98 Å². The van der Waals surface area contributed by atoms with Gasteiger partial charge in [-0.25, -0.2) is 0 Å². The summed E-state index contributed by atoms with van der Waals surface area (Å²) in [4.78, 5) is 4.50. The molecule has 0 aliphatic carbocycles. The average Bonchev–Trinajstić information content (AvgIpc) is 2.32. The molecule has 0 unspecified atom stereocenters. The van der Waals surface area contributed by atoms with Gasteiger partial charge in [0, 0.05) is 23.3 Å². The molecule has 0 radical (unpaired) electrons. The van der Waals surface area contributed by atoms with Crippen LogP contribution in [-0.4, -0.2) is 11.5 Å². The molecule has 5 heteroatoms. The fourth-order valence-electron chi connectivity index (χ4n) is 1.94. The first-order valence-electron chi connectivity index (χ1n) is 5.65. The van der Waals surface area contributed by atoms with Crippen molar-refractivity contribution in [1.29, 1.82) is 0 Å². The number of pyridine rings is 1. The predicted molar refractivity (Wildman–Crippen MR) is 80.4 cm³/mol. The number of nitrogens with one attached hydrogen (secondary N) is 1. The molecule has 96 valence electrons. The van der Waals surface area contributed by atoms with Gasteiger partial charge in [-0.2, -0.15) is 0 Å². The second-order valence-corrected chi connectivity index (χ2v) is 5.30. The number of benzene rings is 1. The zero-order valence-electron chi connectivity index (χ0n) is 10.4. The van der Waals surface area contributed by atoms with Gasteiger partial charge in [0.25, 0.3) is 0 Å². The first-order valence-corrected chi connectivity index (χ1v) is 6.79. The Hall–Kier alpha value is -0.700. The van der Waals surface area contributed by atoms with E-state index < -0.39 is 0 Å². The maximum absolute atomic E-state index is 6.29. The highest BCUT2D eigenvalue weighted by molar-refractivity contribution is 6.48. The van der Waals surface area contributed by atoms with Crippen LogP contribution >= 0.6 is 34.8 Å². The number of rotatable bonds is 2. The van der Waals surface area contributed by atoms with Crippen molar-refractivity contribution in [2.75, 3.05) is 11.9 Å². The van der Waals surface area contributed by atoms with Crippen LogP contribution in [0.5, 0.6) is 0 Å².